The molecule has 1 N–H and O–H groups in total. The van der Waals surface area contributed by atoms with Gasteiger partial charge in [-0.2, -0.15) is 0 Å². The molecule has 2 amide bonds. The number of hydrogen-bond acceptors (Lipinski definition) is 3. The number of rotatable bonds is 5. The van der Waals surface area contributed by atoms with Gasteiger partial charge in [0.1, 0.15) is 5.70 Å². The van der Waals surface area contributed by atoms with Gasteiger partial charge >= 0.3 is 0 Å². The Morgan fingerprint density at radius 1 is 0.794 bits per heavy atom. The van der Waals surface area contributed by atoms with E-state index in [-0.39, 0.29) is 18.4 Å². The maximum absolute atomic E-state index is 13.6. The highest BCUT2D eigenvalue weighted by atomic mass is 35.5. The predicted octanol–water partition coefficient (Wildman–Crippen LogP) is 6.50. The molecule has 168 valence electrons. The molecule has 0 saturated carbocycles. The third-order valence-electron chi connectivity index (χ3n) is 6.27. The van der Waals surface area contributed by atoms with Crippen molar-refractivity contribution in [3.63, 3.8) is 0 Å². The Labute approximate surface area is 203 Å². The Balaban J connectivity index is 1.60. The number of carbonyl (C=O) groups is 2. The Morgan fingerprint density at radius 3 is 2.29 bits per heavy atom. The summed E-state index contributed by atoms with van der Waals surface area (Å²) in [6.45, 7) is 4.20. The van der Waals surface area contributed by atoms with Gasteiger partial charge in [0, 0.05) is 16.1 Å². The molecule has 0 aromatic heterocycles. The molecule has 0 fully saturated rings. The van der Waals surface area contributed by atoms with E-state index in [0.717, 1.165) is 38.7 Å². The van der Waals surface area contributed by atoms with Crippen LogP contribution in [0, 0.1) is 13.8 Å². The molecule has 0 spiro atoms. The van der Waals surface area contributed by atoms with Crippen LogP contribution in [0.4, 0.5) is 5.69 Å². The SMILES string of the molecule is Cc1ccc(C2=C(Nc3cccc4ccccc34)C(=O)N(Cc3ccc(Cl)cc3)C2=O)cc1C. The first-order valence-electron chi connectivity index (χ1n) is 11.1. The number of halogens is 1. The van der Waals surface area contributed by atoms with Gasteiger partial charge in [0.15, 0.2) is 0 Å². The van der Waals surface area contributed by atoms with Gasteiger partial charge in [0.05, 0.1) is 12.1 Å². The molecule has 1 heterocycles. The van der Waals surface area contributed by atoms with Crippen LogP contribution in [0.5, 0.6) is 0 Å². The number of anilines is 1. The monoisotopic (exact) mass is 466 g/mol. The molecule has 0 unspecified atom stereocenters. The molecule has 4 aromatic rings. The van der Waals surface area contributed by atoms with Crippen LogP contribution in [0.2, 0.25) is 5.02 Å². The maximum Gasteiger partial charge on any atom is 0.278 e. The normalized spacial score (nSPS) is 13.8. The van der Waals surface area contributed by atoms with Crippen molar-refractivity contribution < 1.29 is 9.59 Å². The number of imide groups is 1. The van der Waals surface area contributed by atoms with Crippen molar-refractivity contribution in [2.24, 2.45) is 0 Å². The number of carbonyl (C=O) groups excluding carboxylic acids is 2. The average Bonchev–Trinajstić information content (AvgIpc) is 3.06. The standard InChI is InChI=1S/C29H23ClN2O2/c1-18-10-13-22(16-19(18)2)26-27(31-25-9-5-7-21-6-3-4-8-24(21)25)29(34)32(28(26)33)17-20-11-14-23(30)15-12-20/h3-16,31H,17H2,1-2H3. The summed E-state index contributed by atoms with van der Waals surface area (Å²) in [5, 5.41) is 5.96. The van der Waals surface area contributed by atoms with Crippen LogP contribution in [0.25, 0.3) is 16.3 Å². The molecule has 34 heavy (non-hydrogen) atoms. The van der Waals surface area contributed by atoms with Crippen LogP contribution >= 0.6 is 11.6 Å². The van der Waals surface area contributed by atoms with Crippen LogP contribution in [0.3, 0.4) is 0 Å². The predicted molar refractivity (Wildman–Crippen MR) is 137 cm³/mol. The third-order valence-corrected chi connectivity index (χ3v) is 6.52. The summed E-state index contributed by atoms with van der Waals surface area (Å²) < 4.78 is 0. The fourth-order valence-corrected chi connectivity index (χ4v) is 4.37. The molecule has 0 bridgehead atoms. The molecule has 1 aliphatic rings. The smallest absolute Gasteiger partial charge is 0.278 e. The largest absolute Gasteiger partial charge is 0.350 e. The van der Waals surface area contributed by atoms with E-state index in [2.05, 4.69) is 5.32 Å². The highest BCUT2D eigenvalue weighted by molar-refractivity contribution is 6.36. The minimum Gasteiger partial charge on any atom is -0.350 e. The zero-order valence-corrected chi connectivity index (χ0v) is 19.7. The van der Waals surface area contributed by atoms with Gasteiger partial charge in [-0.05, 0) is 59.7 Å². The summed E-state index contributed by atoms with van der Waals surface area (Å²) in [7, 11) is 0. The van der Waals surface area contributed by atoms with E-state index in [0.29, 0.717) is 16.3 Å². The zero-order valence-electron chi connectivity index (χ0n) is 18.9. The molecular weight excluding hydrogens is 444 g/mol. The summed E-state index contributed by atoms with van der Waals surface area (Å²) in [5.74, 6) is -0.660. The van der Waals surface area contributed by atoms with Crippen molar-refractivity contribution in [2.45, 2.75) is 20.4 Å². The van der Waals surface area contributed by atoms with Gasteiger partial charge < -0.3 is 5.32 Å². The number of nitrogens with one attached hydrogen (secondary N) is 1. The van der Waals surface area contributed by atoms with Crippen molar-refractivity contribution in [3.05, 3.63) is 118 Å². The van der Waals surface area contributed by atoms with Gasteiger partial charge in [-0.3, -0.25) is 14.5 Å². The minimum atomic E-state index is -0.346. The first kappa shape index (κ1) is 21.9. The summed E-state index contributed by atoms with van der Waals surface area (Å²) >= 11 is 6.01. The minimum absolute atomic E-state index is 0.171. The molecule has 5 rings (SSSR count). The van der Waals surface area contributed by atoms with E-state index in [1.54, 1.807) is 12.1 Å². The average molecular weight is 467 g/mol. The zero-order chi connectivity index (χ0) is 23.8. The summed E-state index contributed by atoms with van der Waals surface area (Å²) in [6.07, 6.45) is 0. The fraction of sp³-hybridized carbons (Fsp3) is 0.103. The Morgan fingerprint density at radius 2 is 1.53 bits per heavy atom. The van der Waals surface area contributed by atoms with Crippen molar-refractivity contribution in [1.82, 2.24) is 4.90 Å². The van der Waals surface area contributed by atoms with Gasteiger partial charge in [-0.25, -0.2) is 0 Å². The van der Waals surface area contributed by atoms with Gasteiger partial charge in [0.2, 0.25) is 0 Å². The number of fused-ring (bicyclic) bond motifs is 1. The molecule has 4 nitrogen and oxygen atoms in total. The van der Waals surface area contributed by atoms with E-state index in [1.165, 1.54) is 4.90 Å². The van der Waals surface area contributed by atoms with Crippen LogP contribution in [-0.4, -0.2) is 16.7 Å². The molecule has 5 heteroatoms. The van der Waals surface area contributed by atoms with Crippen LogP contribution in [0.1, 0.15) is 22.3 Å². The lowest BCUT2D eigenvalue weighted by atomic mass is 9.99. The highest BCUT2D eigenvalue weighted by Gasteiger charge is 2.39. The third kappa shape index (κ3) is 3.97. The topological polar surface area (TPSA) is 49.4 Å². The van der Waals surface area contributed by atoms with E-state index in [9.17, 15) is 9.59 Å². The van der Waals surface area contributed by atoms with Crippen molar-refractivity contribution >= 4 is 45.4 Å². The molecule has 4 aromatic carbocycles. The lowest BCUT2D eigenvalue weighted by Crippen LogP contribution is -2.32. The van der Waals surface area contributed by atoms with Crippen LogP contribution in [0.15, 0.2) is 90.6 Å². The summed E-state index contributed by atoms with van der Waals surface area (Å²) in [5.41, 5.74) is 5.20. The second-order valence-corrected chi connectivity index (χ2v) is 8.96. The Bertz CT molecular complexity index is 1470. The molecule has 0 atom stereocenters. The molecule has 0 saturated heterocycles. The number of hydrogen-bond donors (Lipinski definition) is 1. The summed E-state index contributed by atoms with van der Waals surface area (Å²) in [4.78, 5) is 28.5. The molecule has 1 aliphatic heterocycles. The lowest BCUT2D eigenvalue weighted by Gasteiger charge is -2.16. The quantitative estimate of drug-likeness (QED) is 0.341. The van der Waals surface area contributed by atoms with Gasteiger partial charge in [-0.1, -0.05) is 78.3 Å². The molecule has 0 radical (unpaired) electrons. The van der Waals surface area contributed by atoms with E-state index in [4.69, 9.17) is 11.6 Å². The van der Waals surface area contributed by atoms with E-state index >= 15 is 0 Å². The molecule has 0 aliphatic carbocycles. The highest BCUT2D eigenvalue weighted by Crippen LogP contribution is 2.34. The second kappa shape index (κ2) is 8.81. The first-order chi connectivity index (χ1) is 16.4. The van der Waals surface area contributed by atoms with Crippen LogP contribution in [-0.2, 0) is 16.1 Å². The lowest BCUT2D eigenvalue weighted by molar-refractivity contribution is -0.137. The first-order valence-corrected chi connectivity index (χ1v) is 11.5. The Kier molecular flexibility index (Phi) is 5.68. The number of amides is 2. The molecular formula is C29H23ClN2O2. The fourth-order valence-electron chi connectivity index (χ4n) is 4.24. The number of nitrogens with zero attached hydrogens (tertiary/aromatic N) is 1. The van der Waals surface area contributed by atoms with Crippen LogP contribution < -0.4 is 5.32 Å². The second-order valence-electron chi connectivity index (χ2n) is 8.52. The van der Waals surface area contributed by atoms with Crippen molar-refractivity contribution in [1.29, 1.82) is 0 Å². The van der Waals surface area contributed by atoms with Gasteiger partial charge in [0.25, 0.3) is 11.8 Å². The van der Waals surface area contributed by atoms with E-state index < -0.39 is 0 Å². The van der Waals surface area contributed by atoms with Crippen molar-refractivity contribution in [3.8, 4) is 0 Å². The summed E-state index contributed by atoms with van der Waals surface area (Å²) in [6, 6.07) is 26.9. The van der Waals surface area contributed by atoms with Crippen molar-refractivity contribution in [2.75, 3.05) is 5.32 Å². The van der Waals surface area contributed by atoms with Gasteiger partial charge in [-0.15, -0.1) is 0 Å². The Hall–Kier alpha value is -3.89. The maximum atomic E-state index is 13.6. The number of benzene rings is 4. The number of aryl methyl sites for hydroxylation is 2. The van der Waals surface area contributed by atoms with E-state index in [1.807, 2.05) is 86.6 Å².